The largest absolute Gasteiger partial charge is 0.479 e. The van der Waals surface area contributed by atoms with E-state index in [1.165, 1.54) is 6.20 Å². The lowest BCUT2D eigenvalue weighted by molar-refractivity contribution is -0.146. The Morgan fingerprint density at radius 2 is 1.67 bits per heavy atom. The molecule has 1 fully saturated rings. The molecule has 11 nitrogen and oxygen atoms in total. The fourth-order valence-corrected chi connectivity index (χ4v) is 5.89. The van der Waals surface area contributed by atoms with E-state index in [1.54, 1.807) is 30.3 Å². The highest BCUT2D eigenvalue weighted by atomic mass is 19.1. The van der Waals surface area contributed by atoms with Gasteiger partial charge in [0.25, 0.3) is 5.91 Å². The Balaban J connectivity index is 0.000000349. The van der Waals surface area contributed by atoms with E-state index in [0.717, 1.165) is 35.9 Å². The number of aliphatic hydroxyl groups is 3. The van der Waals surface area contributed by atoms with Gasteiger partial charge in [-0.3, -0.25) is 9.78 Å². The van der Waals surface area contributed by atoms with Crippen LogP contribution in [-0.2, 0) is 11.2 Å². The summed E-state index contributed by atoms with van der Waals surface area (Å²) in [6, 6.07) is 12.9. The second-order valence-electron chi connectivity index (χ2n) is 11.7. The highest BCUT2D eigenvalue weighted by molar-refractivity contribution is 6.05. The van der Waals surface area contributed by atoms with Crippen LogP contribution in [0.25, 0.3) is 11.3 Å². The van der Waals surface area contributed by atoms with Crippen LogP contribution < -0.4 is 16.0 Å². The number of nitrogens with two attached hydrogens (primary N) is 1. The SMILES string of the molecule is C[C@H]1CN(c2c(NC(=O)c3ccc(F)c(-c4c(F)cccc4F)n3)cnc3c2CC[C@H]3O)C[C@@H](N)[C@@H]1O.O=C(O)C(O)c1ccccc1. The molecule has 14 heteroatoms. The molecule has 2 aromatic heterocycles. The van der Waals surface area contributed by atoms with E-state index in [9.17, 15) is 33.0 Å². The Kier molecular flexibility index (Phi) is 10.4. The molecule has 6 rings (SSSR count). The van der Waals surface area contributed by atoms with Crippen molar-refractivity contribution in [2.75, 3.05) is 23.3 Å². The predicted octanol–water partition coefficient (Wildman–Crippen LogP) is 3.74. The third-order valence-electron chi connectivity index (χ3n) is 8.32. The van der Waals surface area contributed by atoms with Crippen molar-refractivity contribution in [1.82, 2.24) is 9.97 Å². The molecule has 3 heterocycles. The summed E-state index contributed by atoms with van der Waals surface area (Å²) < 4.78 is 43.1. The summed E-state index contributed by atoms with van der Waals surface area (Å²) in [5.74, 6) is -5.12. The first-order chi connectivity index (χ1) is 22.9. The van der Waals surface area contributed by atoms with Gasteiger partial charge in [0, 0.05) is 30.6 Å². The highest BCUT2D eigenvalue weighted by Crippen LogP contribution is 2.41. The molecule has 5 atom stereocenters. The van der Waals surface area contributed by atoms with E-state index in [-0.39, 0.29) is 11.6 Å². The van der Waals surface area contributed by atoms with Gasteiger partial charge < -0.3 is 36.4 Å². The van der Waals surface area contributed by atoms with Crippen LogP contribution in [0.1, 0.15) is 52.9 Å². The fourth-order valence-electron chi connectivity index (χ4n) is 5.89. The van der Waals surface area contributed by atoms with Crippen molar-refractivity contribution < 1.29 is 43.2 Å². The second kappa shape index (κ2) is 14.5. The van der Waals surface area contributed by atoms with Gasteiger partial charge in [-0.15, -0.1) is 0 Å². The molecule has 4 aromatic rings. The molecule has 1 unspecified atom stereocenters. The average Bonchev–Trinajstić information content (AvgIpc) is 3.44. The van der Waals surface area contributed by atoms with E-state index in [2.05, 4.69) is 15.3 Å². The molecular weight excluding hydrogens is 631 g/mol. The lowest BCUT2D eigenvalue weighted by Gasteiger charge is -2.41. The summed E-state index contributed by atoms with van der Waals surface area (Å²) in [6.07, 6.45) is -0.412. The number of benzene rings is 2. The molecule has 0 bridgehead atoms. The molecule has 7 N–H and O–H groups in total. The number of amides is 1. The van der Waals surface area contributed by atoms with Crippen molar-refractivity contribution in [1.29, 1.82) is 0 Å². The number of carboxylic acid groups (broad SMARTS) is 1. The monoisotopic (exact) mass is 665 g/mol. The number of nitrogens with zero attached hydrogens (tertiary/aromatic N) is 3. The van der Waals surface area contributed by atoms with E-state index in [4.69, 9.17) is 15.9 Å². The number of aromatic nitrogens is 2. The first kappa shape index (κ1) is 34.4. The number of pyridine rings is 2. The van der Waals surface area contributed by atoms with Crippen molar-refractivity contribution in [3.05, 3.63) is 107 Å². The number of hydrogen-bond acceptors (Lipinski definition) is 9. The molecule has 252 valence electrons. The van der Waals surface area contributed by atoms with Crippen LogP contribution in [0.5, 0.6) is 0 Å². The molecule has 1 aliphatic heterocycles. The number of rotatable bonds is 6. The minimum Gasteiger partial charge on any atom is -0.479 e. The molecular formula is C34H34F3N5O6. The molecule has 1 amide bonds. The molecule has 1 saturated heterocycles. The van der Waals surface area contributed by atoms with Crippen molar-refractivity contribution in [3.63, 3.8) is 0 Å². The van der Waals surface area contributed by atoms with E-state index >= 15 is 0 Å². The van der Waals surface area contributed by atoms with Crippen molar-refractivity contribution in [2.45, 2.75) is 44.1 Å². The summed E-state index contributed by atoms with van der Waals surface area (Å²) in [5, 5.41) is 40.8. The van der Waals surface area contributed by atoms with Crippen LogP contribution in [0.15, 0.2) is 66.9 Å². The lowest BCUT2D eigenvalue weighted by atomic mass is 9.92. The van der Waals surface area contributed by atoms with Crippen LogP contribution in [0.4, 0.5) is 24.5 Å². The number of aliphatic carboxylic acids is 1. The number of nitrogens with one attached hydrogen (secondary N) is 1. The molecule has 48 heavy (non-hydrogen) atoms. The van der Waals surface area contributed by atoms with E-state index in [1.807, 2.05) is 11.8 Å². The summed E-state index contributed by atoms with van der Waals surface area (Å²) >= 11 is 0. The zero-order chi connectivity index (χ0) is 34.7. The number of anilines is 2. The standard InChI is InChI=1S/C26H26F3N5O3.C8H8O3/c1-12-10-34(11-17(30)25(12)36)24-13-5-8-20(35)22(13)31-9-19(24)33-26(37)18-7-6-16(29)23(32-18)21-14(27)3-2-4-15(21)28;9-7(8(10)11)6-4-2-1-3-5-6/h2-4,6-7,9,12,17,20,25,35-36H,5,8,10-11,30H2,1H3,(H,33,37);1-5,7,9H,(H,10,11)/t12-,17+,20+,25+;/m0./s1. The van der Waals surface area contributed by atoms with E-state index in [0.29, 0.717) is 48.6 Å². The number of aliphatic hydroxyl groups excluding tert-OH is 3. The van der Waals surface area contributed by atoms with Crippen LogP contribution in [0.2, 0.25) is 0 Å². The predicted molar refractivity (Wildman–Crippen MR) is 169 cm³/mol. The smallest absolute Gasteiger partial charge is 0.337 e. The number of carbonyl (C=O) groups is 2. The summed E-state index contributed by atoms with van der Waals surface area (Å²) in [5.41, 5.74) is 7.25. The van der Waals surface area contributed by atoms with Gasteiger partial charge in [-0.05, 0) is 42.7 Å². The fraction of sp³-hybridized carbons (Fsp3) is 0.294. The molecule has 2 aromatic carbocycles. The topological polar surface area (TPSA) is 182 Å². The third kappa shape index (κ3) is 7.16. The number of piperidine rings is 1. The maximum Gasteiger partial charge on any atom is 0.337 e. The van der Waals surface area contributed by atoms with Gasteiger partial charge in [-0.25, -0.2) is 22.9 Å². The first-order valence-corrected chi connectivity index (χ1v) is 15.1. The first-order valence-electron chi connectivity index (χ1n) is 15.1. The molecule has 0 saturated carbocycles. The Labute approximate surface area is 273 Å². The Morgan fingerprint density at radius 1 is 0.979 bits per heavy atom. The van der Waals surface area contributed by atoms with Crippen molar-refractivity contribution in [2.24, 2.45) is 11.7 Å². The maximum atomic E-state index is 14.5. The quantitative estimate of drug-likeness (QED) is 0.178. The second-order valence-corrected chi connectivity index (χ2v) is 11.7. The van der Waals surface area contributed by atoms with Crippen LogP contribution >= 0.6 is 0 Å². The van der Waals surface area contributed by atoms with Gasteiger partial charge in [-0.1, -0.05) is 43.3 Å². The maximum absolute atomic E-state index is 14.5. The van der Waals surface area contributed by atoms with E-state index < -0.39 is 64.9 Å². The summed E-state index contributed by atoms with van der Waals surface area (Å²) in [7, 11) is 0. The average molecular weight is 666 g/mol. The van der Waals surface area contributed by atoms with Gasteiger partial charge in [-0.2, -0.15) is 0 Å². The number of carboxylic acids is 1. The lowest BCUT2D eigenvalue weighted by Crippen LogP contribution is -2.56. The third-order valence-corrected chi connectivity index (χ3v) is 8.32. The van der Waals surface area contributed by atoms with Crippen molar-refractivity contribution >= 4 is 23.3 Å². The van der Waals surface area contributed by atoms with Crippen LogP contribution in [-0.4, -0.2) is 67.5 Å². The molecule has 0 spiro atoms. The highest BCUT2D eigenvalue weighted by Gasteiger charge is 2.36. The zero-order valence-corrected chi connectivity index (χ0v) is 25.7. The van der Waals surface area contributed by atoms with Gasteiger partial charge in [0.05, 0.1) is 41.0 Å². The Bertz CT molecular complexity index is 1780. The van der Waals surface area contributed by atoms with Crippen molar-refractivity contribution in [3.8, 4) is 11.3 Å². The molecule has 2 aliphatic rings. The van der Waals surface area contributed by atoms with Gasteiger partial charge in [0.2, 0.25) is 0 Å². The van der Waals surface area contributed by atoms with Crippen LogP contribution in [0.3, 0.4) is 0 Å². The minimum absolute atomic E-state index is 0.153. The normalized spacial score (nSPS) is 20.7. The minimum atomic E-state index is -1.41. The number of carbonyl (C=O) groups excluding carboxylic acids is 1. The number of fused-ring (bicyclic) bond motifs is 1. The molecule has 0 radical (unpaired) electrons. The van der Waals surface area contributed by atoms with Gasteiger partial charge in [0.15, 0.2) is 6.10 Å². The van der Waals surface area contributed by atoms with Gasteiger partial charge in [0.1, 0.15) is 28.8 Å². The molecule has 1 aliphatic carbocycles. The van der Waals surface area contributed by atoms with Gasteiger partial charge >= 0.3 is 5.97 Å². The number of hydrogen-bond donors (Lipinski definition) is 6. The van der Waals surface area contributed by atoms with Crippen LogP contribution in [0, 0.1) is 23.4 Å². The Morgan fingerprint density at radius 3 is 2.31 bits per heavy atom. The summed E-state index contributed by atoms with van der Waals surface area (Å²) in [4.78, 5) is 33.7. The number of halogens is 3. The zero-order valence-electron chi connectivity index (χ0n) is 25.7. The Hall–Kier alpha value is -4.89. The summed E-state index contributed by atoms with van der Waals surface area (Å²) in [6.45, 7) is 2.64.